The van der Waals surface area contributed by atoms with Gasteiger partial charge in [-0.15, -0.1) is 0 Å². The highest BCUT2D eigenvalue weighted by Crippen LogP contribution is 2.30. The lowest BCUT2D eigenvalue weighted by Gasteiger charge is -2.28. The summed E-state index contributed by atoms with van der Waals surface area (Å²) in [5, 5.41) is 0. The molecule has 250 valence electrons. The lowest BCUT2D eigenvalue weighted by atomic mass is 10.1. The Balaban J connectivity index is 1.66. The van der Waals surface area contributed by atoms with Crippen LogP contribution in [0.15, 0.2) is 24.3 Å². The lowest BCUT2D eigenvalue weighted by molar-refractivity contribution is -0.0634. The molecule has 1 aliphatic heterocycles. The van der Waals surface area contributed by atoms with E-state index in [0.717, 1.165) is 24.6 Å². The second-order valence-corrected chi connectivity index (χ2v) is 13.2. The molecular formula is C38H70N2O3. The van der Waals surface area contributed by atoms with Crippen LogP contribution in [0.4, 0.5) is 0 Å². The zero-order valence-corrected chi connectivity index (χ0v) is 29.0. The van der Waals surface area contributed by atoms with Gasteiger partial charge in [-0.3, -0.25) is 9.80 Å². The van der Waals surface area contributed by atoms with Gasteiger partial charge in [0.15, 0.2) is 24.0 Å². The van der Waals surface area contributed by atoms with E-state index < -0.39 is 0 Å². The van der Waals surface area contributed by atoms with E-state index in [9.17, 15) is 0 Å². The fourth-order valence-corrected chi connectivity index (χ4v) is 6.05. The van der Waals surface area contributed by atoms with Gasteiger partial charge in [0.2, 0.25) is 0 Å². The van der Waals surface area contributed by atoms with Gasteiger partial charge in [0.05, 0.1) is 13.2 Å². The topological polar surface area (TPSA) is 34.2 Å². The molecular weight excluding hydrogens is 532 g/mol. The predicted molar refractivity (Wildman–Crippen MR) is 184 cm³/mol. The van der Waals surface area contributed by atoms with Crippen LogP contribution in [0.1, 0.15) is 155 Å². The van der Waals surface area contributed by atoms with E-state index >= 15 is 0 Å². The van der Waals surface area contributed by atoms with Gasteiger partial charge in [-0.2, -0.15) is 0 Å². The molecule has 0 N–H and O–H groups in total. The molecule has 5 heteroatoms. The van der Waals surface area contributed by atoms with Gasteiger partial charge in [0.1, 0.15) is 0 Å². The molecule has 1 aromatic rings. The molecule has 1 aliphatic rings. The van der Waals surface area contributed by atoms with E-state index in [0.29, 0.717) is 13.2 Å². The van der Waals surface area contributed by atoms with E-state index in [1.165, 1.54) is 141 Å². The fourth-order valence-electron chi connectivity index (χ4n) is 6.05. The van der Waals surface area contributed by atoms with Gasteiger partial charge in [-0.1, -0.05) is 154 Å². The minimum atomic E-state index is -0.108. The highest BCUT2D eigenvalue weighted by atomic mass is 16.6. The molecule has 0 fully saturated rings. The maximum Gasteiger partial charge on any atom is 0.176 e. The highest BCUT2D eigenvalue weighted by molar-refractivity contribution is 5.39. The Bertz CT molecular complexity index is 699. The first-order valence-electron chi connectivity index (χ1n) is 18.6. The highest BCUT2D eigenvalue weighted by Gasteiger charge is 2.25. The monoisotopic (exact) mass is 603 g/mol. The molecule has 43 heavy (non-hydrogen) atoms. The Morgan fingerprint density at radius 2 is 0.791 bits per heavy atom. The smallest absolute Gasteiger partial charge is 0.176 e. The van der Waals surface area contributed by atoms with Crippen LogP contribution in [0.25, 0.3) is 0 Å². The van der Waals surface area contributed by atoms with E-state index in [1.54, 1.807) is 0 Å². The van der Waals surface area contributed by atoms with E-state index in [4.69, 9.17) is 14.2 Å². The first-order chi connectivity index (χ1) is 21.2. The third-order valence-corrected chi connectivity index (χ3v) is 9.11. The van der Waals surface area contributed by atoms with Gasteiger partial charge in [-0.25, -0.2) is 0 Å². The lowest BCUT2D eigenvalue weighted by Crippen LogP contribution is -2.43. The summed E-state index contributed by atoms with van der Waals surface area (Å²) in [5.41, 5.74) is 0. The number of fused-ring (bicyclic) bond motifs is 1. The van der Waals surface area contributed by atoms with Crippen LogP contribution in [-0.2, 0) is 4.74 Å². The van der Waals surface area contributed by atoms with Crippen LogP contribution in [-0.4, -0.2) is 62.7 Å². The van der Waals surface area contributed by atoms with Crippen molar-refractivity contribution in [3.63, 3.8) is 0 Å². The molecule has 1 aromatic carbocycles. The average Bonchev–Trinajstić information content (AvgIpc) is 3.11. The molecule has 0 amide bonds. The molecule has 5 nitrogen and oxygen atoms in total. The number of unbranched alkanes of at least 4 members (excludes halogenated alkanes) is 20. The average molecular weight is 603 g/mol. The molecule has 0 aliphatic carbocycles. The summed E-state index contributed by atoms with van der Waals surface area (Å²) < 4.78 is 19.2. The molecule has 0 saturated heterocycles. The summed E-state index contributed by atoms with van der Waals surface area (Å²) in [7, 11) is 4.34. The number of benzene rings is 1. The summed E-state index contributed by atoms with van der Waals surface area (Å²) in [6.07, 6.45) is 29.8. The minimum Gasteiger partial charge on any atom is -0.469 e. The van der Waals surface area contributed by atoms with Crippen molar-refractivity contribution in [2.45, 2.75) is 168 Å². The summed E-state index contributed by atoms with van der Waals surface area (Å²) in [6, 6.07) is 8.13. The molecule has 2 unspecified atom stereocenters. The Morgan fingerprint density at radius 1 is 0.488 bits per heavy atom. The van der Waals surface area contributed by atoms with Gasteiger partial charge < -0.3 is 14.2 Å². The maximum atomic E-state index is 6.49. The van der Waals surface area contributed by atoms with Crippen LogP contribution in [0.5, 0.6) is 11.5 Å². The molecule has 0 saturated carbocycles. The second kappa shape index (κ2) is 26.0. The SMILES string of the molecule is CCCCCCCCCCCCCN(C)C1COCC(N(C)CCCCCCCCCCCCC)Oc2ccccc2O1. The second-order valence-electron chi connectivity index (χ2n) is 13.2. The van der Waals surface area contributed by atoms with Gasteiger partial charge in [0.25, 0.3) is 0 Å². The Hall–Kier alpha value is -1.30. The minimum absolute atomic E-state index is 0.108. The van der Waals surface area contributed by atoms with Crippen molar-refractivity contribution < 1.29 is 14.2 Å². The first kappa shape index (κ1) is 37.9. The number of nitrogens with zero attached hydrogens (tertiary/aromatic N) is 2. The van der Waals surface area contributed by atoms with Crippen molar-refractivity contribution in [1.82, 2.24) is 9.80 Å². The van der Waals surface area contributed by atoms with E-state index in [-0.39, 0.29) is 12.5 Å². The zero-order valence-electron chi connectivity index (χ0n) is 29.0. The number of ether oxygens (including phenoxy) is 3. The Kier molecular flexibility index (Phi) is 22.9. The zero-order chi connectivity index (χ0) is 30.8. The van der Waals surface area contributed by atoms with Crippen molar-refractivity contribution in [3.05, 3.63) is 24.3 Å². The molecule has 0 radical (unpaired) electrons. The van der Waals surface area contributed by atoms with E-state index in [1.807, 2.05) is 24.3 Å². The van der Waals surface area contributed by atoms with Crippen LogP contribution in [0, 0.1) is 0 Å². The first-order valence-corrected chi connectivity index (χ1v) is 18.6. The number of para-hydroxylation sites is 2. The summed E-state index contributed by atoms with van der Waals surface area (Å²) in [4.78, 5) is 4.64. The summed E-state index contributed by atoms with van der Waals surface area (Å²) in [5.74, 6) is 1.63. The number of rotatable bonds is 26. The quantitative estimate of drug-likeness (QED) is 0.0985. The molecule has 1 heterocycles. The Labute approximate surface area is 267 Å². The largest absolute Gasteiger partial charge is 0.469 e. The molecule has 0 aromatic heterocycles. The van der Waals surface area contributed by atoms with Crippen molar-refractivity contribution in [2.75, 3.05) is 40.4 Å². The van der Waals surface area contributed by atoms with Crippen LogP contribution < -0.4 is 9.47 Å². The molecule has 2 atom stereocenters. The molecule has 2 rings (SSSR count). The van der Waals surface area contributed by atoms with Crippen molar-refractivity contribution >= 4 is 0 Å². The van der Waals surface area contributed by atoms with Crippen LogP contribution in [0.2, 0.25) is 0 Å². The molecule has 0 spiro atoms. The normalized spacial score (nSPS) is 17.3. The maximum absolute atomic E-state index is 6.49. The Morgan fingerprint density at radius 3 is 1.12 bits per heavy atom. The third kappa shape index (κ3) is 18.3. The van der Waals surface area contributed by atoms with Crippen LogP contribution in [0.3, 0.4) is 0 Å². The summed E-state index contributed by atoms with van der Waals surface area (Å²) >= 11 is 0. The predicted octanol–water partition coefficient (Wildman–Crippen LogP) is 10.6. The van der Waals surface area contributed by atoms with Crippen molar-refractivity contribution in [3.8, 4) is 11.5 Å². The van der Waals surface area contributed by atoms with E-state index in [2.05, 4.69) is 37.7 Å². The van der Waals surface area contributed by atoms with Gasteiger partial charge >= 0.3 is 0 Å². The van der Waals surface area contributed by atoms with Crippen molar-refractivity contribution in [2.24, 2.45) is 0 Å². The third-order valence-electron chi connectivity index (χ3n) is 9.11. The number of hydrogen-bond acceptors (Lipinski definition) is 5. The van der Waals surface area contributed by atoms with Gasteiger partial charge in [0, 0.05) is 13.1 Å². The standard InChI is InChI=1S/C38H70N2O3/c1-5-7-9-11-13-15-17-19-21-23-27-31-39(3)37-33-41-34-38(43-36-30-26-25-29-35(36)42-37)40(4)32-28-24-22-20-18-16-14-12-10-8-6-2/h25-26,29-30,37-38H,5-24,27-28,31-34H2,1-4H3. The number of likely N-dealkylation sites (N-methyl/N-ethyl adjacent to an activating group) is 2. The van der Waals surface area contributed by atoms with Crippen LogP contribution >= 0.6 is 0 Å². The number of hydrogen-bond donors (Lipinski definition) is 0. The fraction of sp³-hybridized carbons (Fsp3) is 0.842. The summed E-state index contributed by atoms with van der Waals surface area (Å²) in [6.45, 7) is 7.73. The molecule has 0 bridgehead atoms. The van der Waals surface area contributed by atoms with Gasteiger partial charge in [-0.05, 0) is 39.1 Å². The van der Waals surface area contributed by atoms with Crippen molar-refractivity contribution in [1.29, 1.82) is 0 Å².